The molecule has 0 radical (unpaired) electrons. The lowest BCUT2D eigenvalue weighted by molar-refractivity contribution is -0.218. The summed E-state index contributed by atoms with van der Waals surface area (Å²) in [7, 11) is 0. The van der Waals surface area contributed by atoms with E-state index in [0.717, 1.165) is 25.7 Å². The van der Waals surface area contributed by atoms with E-state index in [9.17, 15) is 9.90 Å². The van der Waals surface area contributed by atoms with Crippen LogP contribution in [0.2, 0.25) is 0 Å². The van der Waals surface area contributed by atoms with E-state index in [-0.39, 0.29) is 12.5 Å². The molecule has 3 N–H and O–H groups in total. The van der Waals surface area contributed by atoms with Crippen LogP contribution in [0.25, 0.3) is 0 Å². The summed E-state index contributed by atoms with van der Waals surface area (Å²) in [5.41, 5.74) is 4.33. The summed E-state index contributed by atoms with van der Waals surface area (Å²) < 4.78 is 5.54. The van der Waals surface area contributed by atoms with Gasteiger partial charge < -0.3 is 15.6 Å². The molecular formula is C12H19NO3. The summed E-state index contributed by atoms with van der Waals surface area (Å²) in [6, 6.07) is 0. The van der Waals surface area contributed by atoms with Crippen molar-refractivity contribution in [3.05, 3.63) is 0 Å². The van der Waals surface area contributed by atoms with E-state index < -0.39 is 11.2 Å². The van der Waals surface area contributed by atoms with E-state index in [1.165, 1.54) is 6.42 Å². The smallest absolute Gasteiger partial charge is 0.320 e. The molecule has 0 saturated heterocycles. The van der Waals surface area contributed by atoms with E-state index in [1.807, 2.05) is 0 Å². The van der Waals surface area contributed by atoms with Gasteiger partial charge in [-0.1, -0.05) is 0 Å². The van der Waals surface area contributed by atoms with Crippen molar-refractivity contribution in [1.29, 1.82) is 0 Å². The molecule has 4 aliphatic carbocycles. The zero-order chi connectivity index (χ0) is 11.4. The number of nitrogens with two attached hydrogens (primary N) is 1. The summed E-state index contributed by atoms with van der Waals surface area (Å²) in [6.07, 6.45) is 5.47. The van der Waals surface area contributed by atoms with Gasteiger partial charge >= 0.3 is 5.97 Å². The van der Waals surface area contributed by atoms with Gasteiger partial charge in [0.25, 0.3) is 0 Å². The minimum Gasteiger partial charge on any atom is -0.458 e. The van der Waals surface area contributed by atoms with Crippen molar-refractivity contribution in [2.24, 2.45) is 17.6 Å². The van der Waals surface area contributed by atoms with Crippen LogP contribution in [0.1, 0.15) is 38.5 Å². The number of rotatable bonds is 2. The van der Waals surface area contributed by atoms with Crippen molar-refractivity contribution in [2.75, 3.05) is 6.54 Å². The lowest BCUT2D eigenvalue weighted by Crippen LogP contribution is -2.60. The third-order valence-electron chi connectivity index (χ3n) is 4.47. The van der Waals surface area contributed by atoms with Crippen LogP contribution in [0, 0.1) is 11.8 Å². The molecule has 4 fully saturated rings. The second-order valence-corrected chi connectivity index (χ2v) is 6.05. The highest BCUT2D eigenvalue weighted by atomic mass is 16.6. The van der Waals surface area contributed by atoms with E-state index in [2.05, 4.69) is 0 Å². The monoisotopic (exact) mass is 225 g/mol. The number of carbonyl (C=O) groups is 1. The second-order valence-electron chi connectivity index (χ2n) is 6.05. The Morgan fingerprint density at radius 2 is 1.94 bits per heavy atom. The molecule has 4 atom stereocenters. The fourth-order valence-corrected chi connectivity index (χ4v) is 4.53. The average molecular weight is 225 g/mol. The van der Waals surface area contributed by atoms with Gasteiger partial charge in [-0.2, -0.15) is 0 Å². The summed E-state index contributed by atoms with van der Waals surface area (Å²) in [4.78, 5) is 11.4. The Morgan fingerprint density at radius 1 is 1.31 bits per heavy atom. The Kier molecular flexibility index (Phi) is 2.11. The number of aliphatic hydroxyl groups is 1. The first-order valence-electron chi connectivity index (χ1n) is 6.17. The molecule has 4 bridgehead atoms. The number of hydrogen-bond donors (Lipinski definition) is 2. The highest BCUT2D eigenvalue weighted by molar-refractivity contribution is 5.72. The maximum Gasteiger partial charge on any atom is 0.320 e. The Labute approximate surface area is 95.1 Å². The molecule has 0 amide bonds. The van der Waals surface area contributed by atoms with Crippen LogP contribution < -0.4 is 5.73 Å². The van der Waals surface area contributed by atoms with Gasteiger partial charge in [0.1, 0.15) is 5.60 Å². The van der Waals surface area contributed by atoms with Gasteiger partial charge in [0.05, 0.1) is 12.1 Å². The summed E-state index contributed by atoms with van der Waals surface area (Å²) >= 11 is 0. The molecule has 90 valence electrons. The largest absolute Gasteiger partial charge is 0.458 e. The molecule has 4 heteroatoms. The number of hydrogen-bond acceptors (Lipinski definition) is 4. The summed E-state index contributed by atoms with van der Waals surface area (Å²) in [5.74, 6) is 0.749. The standard InChI is InChI=1S/C12H19NO3/c13-6-10(14)16-12-4-8-1-9(5-12)3-11(15,2-8)7-12/h8-9,15H,1-7,13H2/t8-,9?,11?,12?/m0/s1. The molecule has 0 spiro atoms. The van der Waals surface area contributed by atoms with Crippen LogP contribution in [-0.4, -0.2) is 28.8 Å². The van der Waals surface area contributed by atoms with Crippen molar-refractivity contribution < 1.29 is 14.6 Å². The fourth-order valence-electron chi connectivity index (χ4n) is 4.53. The van der Waals surface area contributed by atoms with Gasteiger partial charge in [0.15, 0.2) is 0 Å². The zero-order valence-electron chi connectivity index (χ0n) is 9.45. The number of ether oxygens (including phenoxy) is 1. The number of carbonyl (C=O) groups excluding carboxylic acids is 1. The lowest BCUT2D eigenvalue weighted by atomic mass is 9.52. The van der Waals surface area contributed by atoms with Gasteiger partial charge in [-0.3, -0.25) is 4.79 Å². The lowest BCUT2D eigenvalue weighted by Gasteiger charge is -2.59. The molecule has 0 heterocycles. The average Bonchev–Trinajstić information content (AvgIpc) is 2.12. The van der Waals surface area contributed by atoms with Gasteiger partial charge in [-0.15, -0.1) is 0 Å². The predicted molar refractivity (Wildman–Crippen MR) is 57.5 cm³/mol. The summed E-state index contributed by atoms with van der Waals surface area (Å²) in [5, 5.41) is 10.4. The first-order valence-corrected chi connectivity index (χ1v) is 6.17. The Hall–Kier alpha value is -0.610. The molecule has 0 aromatic rings. The minimum atomic E-state index is -0.570. The second kappa shape index (κ2) is 3.20. The van der Waals surface area contributed by atoms with Crippen LogP contribution in [0.4, 0.5) is 0 Å². The van der Waals surface area contributed by atoms with Crippen LogP contribution >= 0.6 is 0 Å². The van der Waals surface area contributed by atoms with E-state index in [1.54, 1.807) is 0 Å². The maximum absolute atomic E-state index is 11.4. The molecule has 4 nitrogen and oxygen atoms in total. The van der Waals surface area contributed by atoms with Gasteiger partial charge in [0, 0.05) is 6.42 Å². The van der Waals surface area contributed by atoms with E-state index in [4.69, 9.17) is 10.5 Å². The van der Waals surface area contributed by atoms with Crippen molar-refractivity contribution in [2.45, 2.75) is 49.7 Å². The Morgan fingerprint density at radius 3 is 2.44 bits per heavy atom. The number of esters is 1. The molecule has 4 aliphatic rings. The quantitative estimate of drug-likeness (QED) is 0.674. The highest BCUT2D eigenvalue weighted by Crippen LogP contribution is 2.58. The first kappa shape index (κ1) is 10.5. The van der Waals surface area contributed by atoms with Crippen LogP contribution in [0.3, 0.4) is 0 Å². The maximum atomic E-state index is 11.4. The van der Waals surface area contributed by atoms with E-state index >= 15 is 0 Å². The SMILES string of the molecule is NCC(=O)OC12CC3C[C@@H](CC(O)(C3)C1)C2. The molecule has 0 aromatic heterocycles. The first-order chi connectivity index (χ1) is 7.53. The Balaban J connectivity index is 1.83. The highest BCUT2D eigenvalue weighted by Gasteiger charge is 2.59. The molecule has 16 heavy (non-hydrogen) atoms. The third kappa shape index (κ3) is 1.55. The molecule has 4 saturated carbocycles. The Bertz CT molecular complexity index is 314. The molecule has 0 aromatic carbocycles. The molecule has 0 aliphatic heterocycles. The van der Waals surface area contributed by atoms with Crippen molar-refractivity contribution >= 4 is 5.97 Å². The molecule has 4 rings (SSSR count). The van der Waals surface area contributed by atoms with Gasteiger partial charge in [-0.05, 0) is 43.9 Å². The molecular weight excluding hydrogens is 206 g/mol. The van der Waals surface area contributed by atoms with Gasteiger partial charge in [0.2, 0.25) is 0 Å². The third-order valence-corrected chi connectivity index (χ3v) is 4.47. The van der Waals surface area contributed by atoms with Crippen LogP contribution in [0.5, 0.6) is 0 Å². The summed E-state index contributed by atoms with van der Waals surface area (Å²) in [6.45, 7) is -0.0600. The predicted octanol–water partition coefficient (Wildman–Crippen LogP) is 0.572. The van der Waals surface area contributed by atoms with Crippen molar-refractivity contribution in [3.8, 4) is 0 Å². The van der Waals surface area contributed by atoms with Crippen molar-refractivity contribution in [3.63, 3.8) is 0 Å². The van der Waals surface area contributed by atoms with Crippen LogP contribution in [0.15, 0.2) is 0 Å². The van der Waals surface area contributed by atoms with Crippen molar-refractivity contribution in [1.82, 2.24) is 0 Å². The molecule has 3 unspecified atom stereocenters. The normalized spacial score (nSPS) is 49.4. The fraction of sp³-hybridized carbons (Fsp3) is 0.917. The minimum absolute atomic E-state index is 0.0600. The van der Waals surface area contributed by atoms with Crippen LogP contribution in [-0.2, 0) is 9.53 Å². The zero-order valence-corrected chi connectivity index (χ0v) is 9.45. The van der Waals surface area contributed by atoms with Gasteiger partial charge in [-0.25, -0.2) is 0 Å². The topological polar surface area (TPSA) is 72.6 Å². The van der Waals surface area contributed by atoms with E-state index in [0.29, 0.717) is 18.3 Å².